The van der Waals surface area contributed by atoms with E-state index in [0.717, 1.165) is 5.56 Å². The smallest absolute Gasteiger partial charge is 0.269 e. The van der Waals surface area contributed by atoms with Crippen LogP contribution in [-0.4, -0.2) is 10.8 Å². The number of halogens is 1. The molecule has 0 bridgehead atoms. The first-order valence-electron chi connectivity index (χ1n) is 9.10. The second kappa shape index (κ2) is 10.1. The van der Waals surface area contributed by atoms with E-state index in [1.54, 1.807) is 60.7 Å². The SMILES string of the molecule is N#C/C(=C\c1ccccc1OCc1ccc([N+](=O)[O-])cc1)C(=O)Nc1ccc(Cl)cc1. The van der Waals surface area contributed by atoms with Crippen molar-refractivity contribution in [2.45, 2.75) is 6.61 Å². The molecule has 154 valence electrons. The van der Waals surface area contributed by atoms with Crippen LogP contribution in [0.25, 0.3) is 6.08 Å². The number of amides is 1. The molecule has 0 saturated heterocycles. The molecule has 3 aromatic rings. The molecular formula is C23H16ClN3O4. The number of nitrogens with zero attached hydrogens (tertiary/aromatic N) is 2. The predicted molar refractivity (Wildman–Crippen MR) is 118 cm³/mol. The summed E-state index contributed by atoms with van der Waals surface area (Å²) < 4.78 is 5.81. The van der Waals surface area contributed by atoms with Crippen molar-refractivity contribution in [1.82, 2.24) is 0 Å². The van der Waals surface area contributed by atoms with Crippen LogP contribution in [0.4, 0.5) is 11.4 Å². The number of rotatable bonds is 7. The molecule has 0 spiro atoms. The number of nitrogens with one attached hydrogen (secondary N) is 1. The molecule has 0 unspecified atom stereocenters. The Morgan fingerprint density at radius 3 is 2.42 bits per heavy atom. The topological polar surface area (TPSA) is 105 Å². The molecule has 0 atom stereocenters. The molecule has 1 amide bonds. The molecule has 0 radical (unpaired) electrons. The van der Waals surface area contributed by atoms with Crippen molar-refractivity contribution in [3.8, 4) is 11.8 Å². The Bertz CT molecular complexity index is 1170. The average Bonchev–Trinajstić information content (AvgIpc) is 2.78. The van der Waals surface area contributed by atoms with Crippen LogP contribution in [-0.2, 0) is 11.4 Å². The average molecular weight is 434 g/mol. The van der Waals surface area contributed by atoms with Crippen LogP contribution in [0.2, 0.25) is 5.02 Å². The molecule has 0 aromatic heterocycles. The van der Waals surface area contributed by atoms with Crippen molar-refractivity contribution in [2.24, 2.45) is 0 Å². The third-order valence-electron chi connectivity index (χ3n) is 4.23. The molecule has 7 nitrogen and oxygen atoms in total. The summed E-state index contributed by atoms with van der Waals surface area (Å²) in [6.45, 7) is 0.168. The molecule has 3 rings (SSSR count). The summed E-state index contributed by atoms with van der Waals surface area (Å²) in [5.74, 6) is -0.0945. The van der Waals surface area contributed by atoms with Gasteiger partial charge in [0, 0.05) is 28.4 Å². The second-order valence-corrected chi connectivity index (χ2v) is 6.82. The number of anilines is 1. The van der Waals surface area contributed by atoms with Crippen LogP contribution >= 0.6 is 11.6 Å². The lowest BCUT2D eigenvalue weighted by molar-refractivity contribution is -0.384. The number of ether oxygens (including phenoxy) is 1. The van der Waals surface area contributed by atoms with Gasteiger partial charge in [0.25, 0.3) is 11.6 Å². The number of benzene rings is 3. The van der Waals surface area contributed by atoms with Gasteiger partial charge in [0.1, 0.15) is 24.0 Å². The van der Waals surface area contributed by atoms with Gasteiger partial charge in [-0.1, -0.05) is 29.8 Å². The highest BCUT2D eigenvalue weighted by atomic mass is 35.5. The highest BCUT2D eigenvalue weighted by Gasteiger charge is 2.12. The van der Waals surface area contributed by atoms with Gasteiger partial charge in [-0.2, -0.15) is 5.26 Å². The molecule has 3 aromatic carbocycles. The summed E-state index contributed by atoms with van der Waals surface area (Å²) in [6.07, 6.45) is 1.44. The van der Waals surface area contributed by atoms with Crippen LogP contribution in [0.3, 0.4) is 0 Å². The van der Waals surface area contributed by atoms with Gasteiger partial charge >= 0.3 is 0 Å². The number of hydrogen-bond donors (Lipinski definition) is 1. The van der Waals surface area contributed by atoms with E-state index in [4.69, 9.17) is 16.3 Å². The normalized spacial score (nSPS) is 10.8. The minimum Gasteiger partial charge on any atom is -0.488 e. The summed E-state index contributed by atoms with van der Waals surface area (Å²) in [4.78, 5) is 22.8. The fourth-order valence-corrected chi connectivity index (χ4v) is 2.77. The molecule has 0 aliphatic carbocycles. The van der Waals surface area contributed by atoms with Gasteiger partial charge < -0.3 is 10.1 Å². The summed E-state index contributed by atoms with van der Waals surface area (Å²) >= 11 is 5.84. The van der Waals surface area contributed by atoms with E-state index in [2.05, 4.69) is 5.32 Å². The van der Waals surface area contributed by atoms with E-state index in [1.807, 2.05) is 6.07 Å². The Balaban J connectivity index is 1.75. The van der Waals surface area contributed by atoms with Crippen molar-refractivity contribution < 1.29 is 14.5 Å². The molecule has 31 heavy (non-hydrogen) atoms. The number of nitro benzene ring substituents is 1. The molecule has 8 heteroatoms. The Morgan fingerprint density at radius 1 is 1.10 bits per heavy atom. The number of para-hydroxylation sites is 1. The number of nitriles is 1. The van der Waals surface area contributed by atoms with Gasteiger partial charge in [0.15, 0.2) is 0 Å². The van der Waals surface area contributed by atoms with Crippen molar-refractivity contribution in [3.05, 3.63) is 105 Å². The number of nitro groups is 1. The van der Waals surface area contributed by atoms with E-state index >= 15 is 0 Å². The van der Waals surface area contributed by atoms with Crippen LogP contribution in [0, 0.1) is 21.4 Å². The fraction of sp³-hybridized carbons (Fsp3) is 0.0435. The molecule has 0 saturated carbocycles. The summed E-state index contributed by atoms with van der Waals surface area (Å²) in [6, 6.07) is 21.4. The Morgan fingerprint density at radius 2 is 1.77 bits per heavy atom. The number of non-ortho nitro benzene ring substituents is 1. The van der Waals surface area contributed by atoms with E-state index < -0.39 is 10.8 Å². The molecule has 0 aliphatic heterocycles. The highest BCUT2D eigenvalue weighted by Crippen LogP contribution is 2.23. The lowest BCUT2D eigenvalue weighted by Gasteiger charge is -2.10. The standard InChI is InChI=1S/C23H16ClN3O4/c24-19-7-9-20(10-8-19)26-23(28)18(14-25)13-17-3-1-2-4-22(17)31-15-16-5-11-21(12-6-16)27(29)30/h1-13H,15H2,(H,26,28)/b18-13+. The van der Waals surface area contributed by atoms with Gasteiger partial charge in [0.05, 0.1) is 4.92 Å². The lowest BCUT2D eigenvalue weighted by Crippen LogP contribution is -2.13. The maximum atomic E-state index is 12.5. The van der Waals surface area contributed by atoms with Crippen LogP contribution < -0.4 is 10.1 Å². The number of carbonyl (C=O) groups excluding carboxylic acids is 1. The maximum absolute atomic E-state index is 12.5. The van der Waals surface area contributed by atoms with Gasteiger partial charge in [-0.25, -0.2) is 0 Å². The summed E-state index contributed by atoms with van der Waals surface area (Å²) in [5, 5.41) is 23.4. The summed E-state index contributed by atoms with van der Waals surface area (Å²) in [5.41, 5.74) is 1.70. The van der Waals surface area contributed by atoms with Crippen LogP contribution in [0.15, 0.2) is 78.4 Å². The zero-order valence-corrected chi connectivity index (χ0v) is 16.9. The summed E-state index contributed by atoms with van der Waals surface area (Å²) in [7, 11) is 0. The first-order chi connectivity index (χ1) is 15.0. The molecule has 0 aliphatic rings. The Hall–Kier alpha value is -4.15. The molecule has 1 N–H and O–H groups in total. The monoisotopic (exact) mass is 433 g/mol. The van der Waals surface area contributed by atoms with E-state index in [0.29, 0.717) is 22.0 Å². The third-order valence-corrected chi connectivity index (χ3v) is 4.48. The quantitative estimate of drug-likeness (QED) is 0.233. The van der Waals surface area contributed by atoms with E-state index in [-0.39, 0.29) is 17.9 Å². The van der Waals surface area contributed by atoms with Crippen LogP contribution in [0.5, 0.6) is 5.75 Å². The number of carbonyl (C=O) groups is 1. The first-order valence-corrected chi connectivity index (χ1v) is 9.48. The minimum absolute atomic E-state index is 0.00237. The fourth-order valence-electron chi connectivity index (χ4n) is 2.64. The van der Waals surface area contributed by atoms with Gasteiger partial charge in [-0.15, -0.1) is 0 Å². The first kappa shape index (κ1) is 21.6. The largest absolute Gasteiger partial charge is 0.488 e. The van der Waals surface area contributed by atoms with Crippen molar-refractivity contribution in [1.29, 1.82) is 5.26 Å². The second-order valence-electron chi connectivity index (χ2n) is 6.38. The molecular weight excluding hydrogens is 418 g/mol. The Labute approximate surface area is 183 Å². The number of hydrogen-bond acceptors (Lipinski definition) is 5. The predicted octanol–water partition coefficient (Wildman–Crippen LogP) is 5.37. The van der Waals surface area contributed by atoms with Gasteiger partial charge in [-0.05, 0) is 54.1 Å². The van der Waals surface area contributed by atoms with Crippen molar-refractivity contribution >= 4 is 35.0 Å². The van der Waals surface area contributed by atoms with Crippen molar-refractivity contribution in [3.63, 3.8) is 0 Å². The highest BCUT2D eigenvalue weighted by molar-refractivity contribution is 6.30. The lowest BCUT2D eigenvalue weighted by atomic mass is 10.1. The zero-order valence-electron chi connectivity index (χ0n) is 16.1. The molecule has 0 heterocycles. The van der Waals surface area contributed by atoms with Crippen LogP contribution in [0.1, 0.15) is 11.1 Å². The van der Waals surface area contributed by atoms with Gasteiger partial charge in [0.2, 0.25) is 0 Å². The van der Waals surface area contributed by atoms with E-state index in [1.165, 1.54) is 18.2 Å². The maximum Gasteiger partial charge on any atom is 0.269 e. The minimum atomic E-state index is -0.560. The Kier molecular flexibility index (Phi) is 6.99. The van der Waals surface area contributed by atoms with Gasteiger partial charge in [-0.3, -0.25) is 14.9 Å². The third kappa shape index (κ3) is 5.92. The van der Waals surface area contributed by atoms with Crippen molar-refractivity contribution in [2.75, 3.05) is 5.32 Å². The zero-order chi connectivity index (χ0) is 22.2. The molecule has 0 fully saturated rings. The van der Waals surface area contributed by atoms with E-state index in [9.17, 15) is 20.2 Å².